The summed E-state index contributed by atoms with van der Waals surface area (Å²) in [6.45, 7) is 6.47. The van der Waals surface area contributed by atoms with Crippen molar-refractivity contribution in [3.05, 3.63) is 35.0 Å². The molecule has 0 amide bonds. The molecule has 0 aliphatic heterocycles. The highest BCUT2D eigenvalue weighted by molar-refractivity contribution is 6.31. The molecule has 1 aromatic carbocycles. The zero-order valence-electron chi connectivity index (χ0n) is 12.0. The average molecular weight is 278 g/mol. The Morgan fingerprint density at radius 2 is 2.00 bits per heavy atom. The molecular formula is C16H20ClNO. The summed E-state index contributed by atoms with van der Waals surface area (Å²) in [5.41, 5.74) is 1.99. The predicted octanol–water partition coefficient (Wildman–Crippen LogP) is 4.84. The van der Waals surface area contributed by atoms with E-state index in [2.05, 4.69) is 20.8 Å². The Hall–Kier alpha value is -1.28. The van der Waals surface area contributed by atoms with E-state index in [0.717, 1.165) is 22.9 Å². The maximum atomic E-state index is 12.4. The Morgan fingerprint density at radius 1 is 1.32 bits per heavy atom. The van der Waals surface area contributed by atoms with Crippen LogP contribution in [0.25, 0.3) is 10.9 Å². The predicted molar refractivity (Wildman–Crippen MR) is 80.9 cm³/mol. The third kappa shape index (κ3) is 3.19. The second kappa shape index (κ2) is 5.01. The van der Waals surface area contributed by atoms with Gasteiger partial charge in [-0.2, -0.15) is 0 Å². The van der Waals surface area contributed by atoms with Crippen LogP contribution in [0.1, 0.15) is 44.0 Å². The van der Waals surface area contributed by atoms with Gasteiger partial charge in [-0.25, -0.2) is 0 Å². The fourth-order valence-corrected chi connectivity index (χ4v) is 2.37. The number of ketones is 1. The van der Waals surface area contributed by atoms with Crippen molar-refractivity contribution in [3.8, 4) is 0 Å². The lowest BCUT2D eigenvalue weighted by molar-refractivity contribution is 0.0967. The van der Waals surface area contributed by atoms with Crippen LogP contribution in [0.5, 0.6) is 0 Å². The maximum Gasteiger partial charge on any atom is 0.165 e. The molecule has 3 heteroatoms. The monoisotopic (exact) mass is 277 g/mol. The Labute approximate surface area is 119 Å². The minimum absolute atomic E-state index is 0.184. The second-order valence-corrected chi connectivity index (χ2v) is 6.74. The first-order chi connectivity index (χ1) is 8.78. The van der Waals surface area contributed by atoms with E-state index in [1.807, 2.05) is 36.0 Å². The number of rotatable bonds is 3. The third-order valence-electron chi connectivity index (χ3n) is 3.36. The summed E-state index contributed by atoms with van der Waals surface area (Å²) in [6, 6.07) is 5.67. The molecule has 1 aromatic heterocycles. The molecule has 2 aromatic rings. The molecule has 0 aliphatic rings. The van der Waals surface area contributed by atoms with Gasteiger partial charge >= 0.3 is 0 Å². The van der Waals surface area contributed by atoms with Crippen LogP contribution in [-0.4, -0.2) is 10.4 Å². The minimum atomic E-state index is 0.184. The number of fused-ring (bicyclic) bond motifs is 1. The van der Waals surface area contributed by atoms with Gasteiger partial charge in [-0.05, 0) is 24.0 Å². The summed E-state index contributed by atoms with van der Waals surface area (Å²) in [4.78, 5) is 12.4. The molecule has 1 heterocycles. The Morgan fingerprint density at radius 3 is 2.63 bits per heavy atom. The summed E-state index contributed by atoms with van der Waals surface area (Å²) in [5, 5.41) is 1.69. The molecule has 0 unspecified atom stereocenters. The van der Waals surface area contributed by atoms with Gasteiger partial charge in [-0.3, -0.25) is 4.79 Å². The van der Waals surface area contributed by atoms with Crippen molar-refractivity contribution in [3.63, 3.8) is 0 Å². The van der Waals surface area contributed by atoms with Crippen LogP contribution in [0, 0.1) is 5.41 Å². The molecule has 0 N–H and O–H groups in total. The first kappa shape index (κ1) is 14.1. The topological polar surface area (TPSA) is 22.0 Å². The Kier molecular flexibility index (Phi) is 3.73. The average Bonchev–Trinajstić information content (AvgIpc) is 2.63. The molecule has 0 radical (unpaired) electrons. The van der Waals surface area contributed by atoms with Gasteiger partial charge in [0.15, 0.2) is 5.78 Å². The smallest absolute Gasteiger partial charge is 0.165 e. The van der Waals surface area contributed by atoms with Crippen LogP contribution in [0.2, 0.25) is 5.02 Å². The van der Waals surface area contributed by atoms with Crippen molar-refractivity contribution >= 4 is 28.3 Å². The Bertz CT molecular complexity index is 619. The first-order valence-electron chi connectivity index (χ1n) is 6.56. The van der Waals surface area contributed by atoms with E-state index < -0.39 is 0 Å². The van der Waals surface area contributed by atoms with Gasteiger partial charge in [0.1, 0.15) is 0 Å². The number of benzene rings is 1. The summed E-state index contributed by atoms with van der Waals surface area (Å²) in [5.74, 6) is 0.211. The molecule has 2 nitrogen and oxygen atoms in total. The lowest BCUT2D eigenvalue weighted by atomic mass is 9.88. The molecule has 2 rings (SSSR count). The fraction of sp³-hybridized carbons (Fsp3) is 0.438. The number of carbonyl (C=O) groups is 1. The number of nitrogens with zero attached hydrogens (tertiary/aromatic N) is 1. The van der Waals surface area contributed by atoms with Gasteiger partial charge in [0.25, 0.3) is 0 Å². The number of halogens is 1. The molecule has 0 spiro atoms. The number of carbonyl (C=O) groups excluding carboxylic acids is 1. The molecule has 102 valence electrons. The van der Waals surface area contributed by atoms with Crippen molar-refractivity contribution in [2.24, 2.45) is 12.5 Å². The molecule has 0 saturated heterocycles. The minimum Gasteiger partial charge on any atom is -0.350 e. The zero-order valence-corrected chi connectivity index (χ0v) is 12.7. The number of Topliss-reactive ketones (excluding diaryl/α,β-unsaturated/α-hetero) is 1. The van der Waals surface area contributed by atoms with Crippen LogP contribution in [0.15, 0.2) is 24.4 Å². The van der Waals surface area contributed by atoms with Crippen LogP contribution in [0.3, 0.4) is 0 Å². The van der Waals surface area contributed by atoms with Crippen LogP contribution in [-0.2, 0) is 7.05 Å². The summed E-state index contributed by atoms with van der Waals surface area (Å²) < 4.78 is 1.96. The highest BCUT2D eigenvalue weighted by Gasteiger charge is 2.17. The normalized spacial score (nSPS) is 12.1. The van der Waals surface area contributed by atoms with Crippen molar-refractivity contribution in [1.29, 1.82) is 0 Å². The Balaban J connectivity index is 2.33. The van der Waals surface area contributed by atoms with E-state index in [1.54, 1.807) is 0 Å². The van der Waals surface area contributed by atoms with Crippen molar-refractivity contribution in [1.82, 2.24) is 4.57 Å². The molecule has 0 saturated carbocycles. The fourth-order valence-electron chi connectivity index (χ4n) is 2.20. The second-order valence-electron chi connectivity index (χ2n) is 6.30. The van der Waals surface area contributed by atoms with E-state index in [4.69, 9.17) is 11.6 Å². The molecule has 0 atom stereocenters. The zero-order chi connectivity index (χ0) is 14.2. The number of hydrogen-bond donors (Lipinski definition) is 0. The lowest BCUT2D eigenvalue weighted by Crippen LogP contribution is -2.09. The van der Waals surface area contributed by atoms with Gasteiger partial charge in [0, 0.05) is 41.2 Å². The van der Waals surface area contributed by atoms with Crippen LogP contribution >= 0.6 is 11.6 Å². The van der Waals surface area contributed by atoms with Crippen LogP contribution < -0.4 is 0 Å². The maximum absolute atomic E-state index is 12.4. The van der Waals surface area contributed by atoms with Gasteiger partial charge in [-0.1, -0.05) is 38.4 Å². The van der Waals surface area contributed by atoms with Crippen LogP contribution in [0.4, 0.5) is 0 Å². The highest BCUT2D eigenvalue weighted by atomic mass is 35.5. The number of hydrogen-bond acceptors (Lipinski definition) is 1. The van der Waals surface area contributed by atoms with Crippen molar-refractivity contribution < 1.29 is 4.79 Å². The van der Waals surface area contributed by atoms with Gasteiger partial charge in [-0.15, -0.1) is 0 Å². The first-order valence-corrected chi connectivity index (χ1v) is 6.93. The quantitative estimate of drug-likeness (QED) is 0.736. The summed E-state index contributed by atoms with van der Waals surface area (Å²) in [6.07, 6.45) is 3.40. The highest BCUT2D eigenvalue weighted by Crippen LogP contribution is 2.27. The van der Waals surface area contributed by atoms with E-state index in [-0.39, 0.29) is 11.2 Å². The number of aryl methyl sites for hydroxylation is 1. The van der Waals surface area contributed by atoms with Crippen molar-refractivity contribution in [2.75, 3.05) is 0 Å². The van der Waals surface area contributed by atoms with Gasteiger partial charge in [0.2, 0.25) is 0 Å². The SMILES string of the molecule is Cn1cc(C(=O)CCC(C)(C)C)c2ccc(Cl)cc21. The molecule has 19 heavy (non-hydrogen) atoms. The molecular weight excluding hydrogens is 258 g/mol. The molecule has 0 aliphatic carbocycles. The summed E-state index contributed by atoms with van der Waals surface area (Å²) in [7, 11) is 1.94. The molecule has 0 bridgehead atoms. The van der Waals surface area contributed by atoms with E-state index in [0.29, 0.717) is 11.4 Å². The van der Waals surface area contributed by atoms with Gasteiger partial charge in [0.05, 0.1) is 0 Å². The van der Waals surface area contributed by atoms with E-state index >= 15 is 0 Å². The standard InChI is InChI=1S/C16H20ClNO/c1-16(2,3)8-7-15(19)13-10-18(4)14-9-11(17)5-6-12(13)14/h5-6,9-10H,7-8H2,1-4H3. The van der Waals surface area contributed by atoms with Gasteiger partial charge < -0.3 is 4.57 Å². The van der Waals surface area contributed by atoms with Crippen molar-refractivity contribution in [2.45, 2.75) is 33.6 Å². The van der Waals surface area contributed by atoms with E-state index in [9.17, 15) is 4.79 Å². The van der Waals surface area contributed by atoms with E-state index in [1.165, 1.54) is 0 Å². The largest absolute Gasteiger partial charge is 0.350 e. The lowest BCUT2D eigenvalue weighted by Gasteiger charge is -2.16. The summed E-state index contributed by atoms with van der Waals surface area (Å²) >= 11 is 6.00. The number of aromatic nitrogens is 1. The molecule has 0 fully saturated rings. The third-order valence-corrected chi connectivity index (χ3v) is 3.59.